The second-order valence-corrected chi connectivity index (χ2v) is 15.7. The molecule has 0 spiro atoms. The Hall–Kier alpha value is -3.18. The van der Waals surface area contributed by atoms with Crippen molar-refractivity contribution in [2.45, 2.75) is 37.7 Å². The van der Waals surface area contributed by atoms with Crippen LogP contribution in [0.5, 0.6) is 5.88 Å². The number of nitrogens with zero attached hydrogens (tertiary/aromatic N) is 2. The predicted octanol–water partition coefficient (Wildman–Crippen LogP) is 5.14. The minimum Gasteiger partial charge on any atom is -0.858 e. The molecule has 4 aromatic rings. The van der Waals surface area contributed by atoms with Gasteiger partial charge in [-0.05, 0) is 52.8 Å². The number of aryl methyl sites for hydroxylation is 1. The van der Waals surface area contributed by atoms with Crippen molar-refractivity contribution in [3.8, 4) is 17.0 Å². The van der Waals surface area contributed by atoms with Gasteiger partial charge in [-0.1, -0.05) is 66.7 Å². The first-order valence-corrected chi connectivity index (χ1v) is 17.5. The number of ether oxygens (including phenoxy) is 2. The van der Waals surface area contributed by atoms with E-state index in [1.807, 2.05) is 24.3 Å². The number of carbonyl (C=O) groups is 1. The molecule has 12 heteroatoms. The molecule has 1 aliphatic carbocycles. The normalized spacial score (nSPS) is 20.8. The van der Waals surface area contributed by atoms with Crippen LogP contribution in [-0.4, -0.2) is 40.9 Å². The van der Waals surface area contributed by atoms with Gasteiger partial charge in [-0.25, -0.2) is 23.6 Å². The quantitative estimate of drug-likeness (QED) is 0.116. The van der Waals surface area contributed by atoms with Gasteiger partial charge in [0.05, 0.1) is 5.56 Å². The van der Waals surface area contributed by atoms with E-state index in [-0.39, 0.29) is 31.1 Å². The van der Waals surface area contributed by atoms with Gasteiger partial charge < -0.3 is 26.8 Å². The maximum absolute atomic E-state index is 12.9. The van der Waals surface area contributed by atoms with Crippen LogP contribution in [0.4, 0.5) is 0 Å². The van der Waals surface area contributed by atoms with Crippen LogP contribution >= 0.6 is 18.4 Å². The average molecular weight is 636 g/mol. The Morgan fingerprint density at radius 3 is 2.30 bits per heavy atom. The van der Waals surface area contributed by atoms with Gasteiger partial charge in [0.15, 0.2) is 0 Å². The molecule has 0 saturated carbocycles. The lowest BCUT2D eigenvalue weighted by atomic mass is 9.98. The molecule has 9 nitrogen and oxygen atoms in total. The highest BCUT2D eigenvalue weighted by atomic mass is 33.1. The van der Waals surface area contributed by atoms with E-state index in [0.29, 0.717) is 5.56 Å². The second kappa shape index (κ2) is 12.4. The molecule has 1 aliphatic heterocycles. The van der Waals surface area contributed by atoms with Gasteiger partial charge in [0.1, 0.15) is 31.6 Å². The molecule has 0 amide bonds. The Balaban J connectivity index is 1.16. The predicted molar refractivity (Wildman–Crippen MR) is 166 cm³/mol. The number of benzene rings is 3. The number of fused-ring (bicyclic) bond motifs is 3. The standard InChI is InChI=1S/C31H29N2O7PS2/c1-19-16-33(31(36)32-29(19)34)28-15-26(40-30(35)20-9-3-2-4-10-20)27(39-28)18-38-41(42,43)37-17-25-23-13-7-5-11-21(23)22-12-6-8-14-24(22)25/h2-14,16,25-28H,15,17-18H2,1H3,(H,42,43)(H,32,34,36)/p-1/t26-,27+,28+/m0/s1. The van der Waals surface area contributed by atoms with Crippen LogP contribution in [-0.2, 0) is 30.8 Å². The molecule has 43 heavy (non-hydrogen) atoms. The zero-order chi connectivity index (χ0) is 30.1. The molecule has 1 fully saturated rings. The summed E-state index contributed by atoms with van der Waals surface area (Å²) in [5, 5.41) is 11.9. The summed E-state index contributed by atoms with van der Waals surface area (Å²) in [4.78, 5) is 29.0. The Morgan fingerprint density at radius 2 is 1.63 bits per heavy atom. The fourth-order valence-corrected chi connectivity index (χ4v) is 7.01. The van der Waals surface area contributed by atoms with Crippen molar-refractivity contribution >= 4 is 36.6 Å². The topological polar surface area (TPSA) is 112 Å². The average Bonchev–Trinajstić information content (AvgIpc) is 3.56. The highest BCUT2D eigenvalue weighted by molar-refractivity contribution is 8.76. The first-order valence-electron chi connectivity index (χ1n) is 13.7. The Labute approximate surface area is 259 Å². The molecule has 2 aliphatic rings. The van der Waals surface area contributed by atoms with Crippen LogP contribution in [0.25, 0.3) is 11.1 Å². The van der Waals surface area contributed by atoms with Crippen LogP contribution in [0, 0.1) is 6.92 Å². The highest BCUT2D eigenvalue weighted by Gasteiger charge is 2.42. The highest BCUT2D eigenvalue weighted by Crippen LogP contribution is 2.64. The number of hydrogen-bond acceptors (Lipinski definition) is 10. The molecule has 0 radical (unpaired) electrons. The van der Waals surface area contributed by atoms with Crippen LogP contribution in [0.2, 0.25) is 0 Å². The molecule has 222 valence electrons. The zero-order valence-electron chi connectivity index (χ0n) is 23.1. The molecule has 4 atom stereocenters. The lowest BCUT2D eigenvalue weighted by Gasteiger charge is -2.27. The Kier molecular flexibility index (Phi) is 8.64. The monoisotopic (exact) mass is 635 g/mol. The number of hydrogen-bond donors (Lipinski definition) is 1. The summed E-state index contributed by atoms with van der Waals surface area (Å²) in [5.41, 5.74) is 4.54. The second-order valence-electron chi connectivity index (χ2n) is 10.4. The first kappa shape index (κ1) is 29.9. The van der Waals surface area contributed by atoms with Gasteiger partial charge in [-0.2, -0.15) is 0 Å². The van der Waals surface area contributed by atoms with E-state index in [2.05, 4.69) is 41.5 Å². The van der Waals surface area contributed by atoms with E-state index in [9.17, 15) is 14.7 Å². The van der Waals surface area contributed by atoms with E-state index in [1.54, 1.807) is 37.3 Å². The summed E-state index contributed by atoms with van der Waals surface area (Å²) in [7, 11) is 0. The maximum atomic E-state index is 12.9. The molecular weight excluding hydrogens is 607 g/mol. The van der Waals surface area contributed by atoms with Crippen molar-refractivity contribution in [1.82, 2.24) is 9.55 Å². The van der Waals surface area contributed by atoms with Gasteiger partial charge in [-0.15, -0.1) is 0 Å². The minimum absolute atomic E-state index is 0.0243. The summed E-state index contributed by atoms with van der Waals surface area (Å²) < 4.78 is 25.3. The van der Waals surface area contributed by atoms with Gasteiger partial charge in [0.2, 0.25) is 6.12 Å². The van der Waals surface area contributed by atoms with Crippen molar-refractivity contribution in [1.29, 1.82) is 0 Å². The fraction of sp³-hybridized carbons (Fsp3) is 0.258. The number of esters is 1. The van der Waals surface area contributed by atoms with Crippen molar-refractivity contribution in [2.24, 2.45) is 0 Å². The van der Waals surface area contributed by atoms with Gasteiger partial charge in [-0.3, -0.25) is 4.57 Å². The van der Waals surface area contributed by atoms with Crippen molar-refractivity contribution in [3.63, 3.8) is 0 Å². The molecule has 3 aromatic carbocycles. The Morgan fingerprint density at radius 1 is 1.02 bits per heavy atom. The van der Waals surface area contributed by atoms with Crippen LogP contribution in [0.15, 0.2) is 89.9 Å². The molecule has 0 bridgehead atoms. The Bertz CT molecular complexity index is 1660. The lowest BCUT2D eigenvalue weighted by molar-refractivity contribution is -0.276. The zero-order valence-corrected chi connectivity index (χ0v) is 25.7. The molecule has 1 saturated heterocycles. The fourth-order valence-electron chi connectivity index (χ4n) is 5.50. The van der Waals surface area contributed by atoms with Crippen LogP contribution < -0.4 is 10.8 Å². The van der Waals surface area contributed by atoms with E-state index in [0.717, 1.165) is 11.1 Å². The summed E-state index contributed by atoms with van der Waals surface area (Å²) in [6.45, 7) is 1.74. The van der Waals surface area contributed by atoms with E-state index < -0.39 is 42.1 Å². The first-order chi connectivity index (χ1) is 20.7. The third-order valence-corrected chi connectivity index (χ3v) is 9.89. The van der Waals surface area contributed by atoms with Crippen LogP contribution in [0.1, 0.15) is 45.6 Å². The third-order valence-electron chi connectivity index (χ3n) is 7.62. The largest absolute Gasteiger partial charge is 0.858 e. The summed E-state index contributed by atoms with van der Waals surface area (Å²) in [6, 6.07) is 25.0. The molecular formula is C31H28N2O7PS2-. The van der Waals surface area contributed by atoms with Crippen molar-refractivity contribution in [3.05, 3.63) is 118 Å². The SMILES string of the molecule is Cc1cn([C@H]2C[C@H](OC(=O)c3ccccc3)[C@@H](CO[P+]([S-])(S)OCC3c4ccccc4-c4ccccc43)O2)c(=O)nc1[O-]. The number of carbonyl (C=O) groups excluding carboxylic acids is 1. The smallest absolute Gasteiger partial charge is 0.349 e. The molecule has 1 aromatic heterocycles. The third kappa shape index (κ3) is 6.38. The number of aromatic nitrogens is 2. The van der Waals surface area contributed by atoms with E-state index in [1.165, 1.54) is 21.9 Å². The minimum atomic E-state index is -3.07. The number of rotatable bonds is 9. The summed E-state index contributed by atoms with van der Waals surface area (Å²) >= 11 is 10.2. The number of thiol groups is 1. The van der Waals surface area contributed by atoms with Gasteiger partial charge in [0, 0.05) is 30.8 Å². The van der Waals surface area contributed by atoms with E-state index >= 15 is 0 Å². The van der Waals surface area contributed by atoms with Gasteiger partial charge >= 0.3 is 11.7 Å². The van der Waals surface area contributed by atoms with Crippen LogP contribution in [0.3, 0.4) is 0 Å². The van der Waals surface area contributed by atoms with Crippen molar-refractivity contribution in [2.75, 3.05) is 13.2 Å². The lowest BCUT2D eigenvalue weighted by Crippen LogP contribution is -2.31. The summed E-state index contributed by atoms with van der Waals surface area (Å²) in [5.74, 6) is -1.17. The van der Waals surface area contributed by atoms with E-state index in [4.69, 9.17) is 30.8 Å². The molecule has 1 unspecified atom stereocenters. The molecule has 0 N–H and O–H groups in total. The molecule has 6 rings (SSSR count). The summed E-state index contributed by atoms with van der Waals surface area (Å²) in [6.07, 6.45) is -3.95. The van der Waals surface area contributed by atoms with Gasteiger partial charge in [0.25, 0.3) is 0 Å². The van der Waals surface area contributed by atoms with Crippen molar-refractivity contribution < 1.29 is 28.4 Å². The maximum Gasteiger partial charge on any atom is 0.349 e. The molecule has 2 heterocycles.